The molecule has 2 N–H and O–H groups in total. The Labute approximate surface area is 130 Å². The number of aromatic amines is 2. The normalized spacial score (nSPS) is 10.9. The zero-order chi connectivity index (χ0) is 14.3. The molecule has 4 nitrogen and oxygen atoms in total. The maximum Gasteiger partial charge on any atom is 0.323 e. The van der Waals surface area contributed by atoms with Crippen LogP contribution < -0.4 is 5.69 Å². The molecule has 0 bridgehead atoms. The van der Waals surface area contributed by atoms with Crippen molar-refractivity contribution in [2.24, 2.45) is 0 Å². The van der Waals surface area contributed by atoms with E-state index >= 15 is 0 Å². The molecule has 20 heavy (non-hydrogen) atoms. The molecule has 0 aliphatic rings. The SMILES string of the molecule is O=C(c1ccc2[nH]c(=O)[nH]c2c1)c1cc(Br)ccc1Br. The molecular formula is C14H8Br2N2O2. The Kier molecular flexibility index (Phi) is 3.35. The Morgan fingerprint density at radius 2 is 1.70 bits per heavy atom. The Hall–Kier alpha value is -1.66. The monoisotopic (exact) mass is 394 g/mol. The third-order valence-electron chi connectivity index (χ3n) is 2.95. The number of halogens is 2. The molecule has 0 atom stereocenters. The van der Waals surface area contributed by atoms with Crippen LogP contribution in [0.3, 0.4) is 0 Å². The van der Waals surface area contributed by atoms with Crippen LogP contribution in [0.2, 0.25) is 0 Å². The second-order valence-corrected chi connectivity index (χ2v) is 6.06. The van der Waals surface area contributed by atoms with Gasteiger partial charge in [0.25, 0.3) is 0 Å². The summed E-state index contributed by atoms with van der Waals surface area (Å²) < 4.78 is 1.56. The number of benzene rings is 2. The average Bonchev–Trinajstić information content (AvgIpc) is 2.79. The molecule has 100 valence electrons. The van der Waals surface area contributed by atoms with Gasteiger partial charge in [-0.3, -0.25) is 4.79 Å². The molecule has 0 radical (unpaired) electrons. The molecular weight excluding hydrogens is 388 g/mol. The lowest BCUT2D eigenvalue weighted by molar-refractivity contribution is 0.103. The molecule has 6 heteroatoms. The van der Waals surface area contributed by atoms with Crippen molar-refractivity contribution >= 4 is 48.7 Å². The van der Waals surface area contributed by atoms with Gasteiger partial charge < -0.3 is 9.97 Å². The van der Waals surface area contributed by atoms with E-state index in [1.165, 1.54) is 0 Å². The first-order valence-corrected chi connectivity index (χ1v) is 7.35. The molecule has 0 aliphatic heterocycles. The first-order chi connectivity index (χ1) is 9.54. The first-order valence-electron chi connectivity index (χ1n) is 5.76. The van der Waals surface area contributed by atoms with Crippen molar-refractivity contribution in [1.82, 2.24) is 9.97 Å². The van der Waals surface area contributed by atoms with Crippen molar-refractivity contribution < 1.29 is 4.79 Å². The van der Waals surface area contributed by atoms with Crippen LogP contribution in [0.25, 0.3) is 11.0 Å². The minimum atomic E-state index is -0.284. The molecule has 3 aromatic rings. The van der Waals surface area contributed by atoms with Crippen LogP contribution >= 0.6 is 31.9 Å². The van der Waals surface area contributed by atoms with Crippen molar-refractivity contribution in [2.75, 3.05) is 0 Å². The number of imidazole rings is 1. The highest BCUT2D eigenvalue weighted by Crippen LogP contribution is 2.24. The number of rotatable bonds is 2. The van der Waals surface area contributed by atoms with Crippen LogP contribution in [-0.4, -0.2) is 15.8 Å². The summed E-state index contributed by atoms with van der Waals surface area (Å²) in [5.74, 6) is -0.109. The van der Waals surface area contributed by atoms with Crippen molar-refractivity contribution in [2.45, 2.75) is 0 Å². The van der Waals surface area contributed by atoms with E-state index in [-0.39, 0.29) is 11.5 Å². The largest absolute Gasteiger partial charge is 0.323 e. The molecule has 1 heterocycles. The molecule has 2 aromatic carbocycles. The summed E-state index contributed by atoms with van der Waals surface area (Å²) in [4.78, 5) is 29.0. The fraction of sp³-hybridized carbons (Fsp3) is 0. The lowest BCUT2D eigenvalue weighted by Crippen LogP contribution is -2.02. The van der Waals surface area contributed by atoms with E-state index in [1.807, 2.05) is 12.1 Å². The lowest BCUT2D eigenvalue weighted by atomic mass is 10.0. The quantitative estimate of drug-likeness (QED) is 0.651. The Balaban J connectivity index is 2.12. The number of carbonyl (C=O) groups excluding carboxylic acids is 1. The van der Waals surface area contributed by atoms with E-state index in [9.17, 15) is 9.59 Å². The number of aromatic nitrogens is 2. The highest BCUT2D eigenvalue weighted by Gasteiger charge is 2.14. The first kappa shape index (κ1) is 13.3. The number of nitrogens with one attached hydrogen (secondary N) is 2. The van der Waals surface area contributed by atoms with Crippen LogP contribution in [0.5, 0.6) is 0 Å². The Morgan fingerprint density at radius 3 is 2.50 bits per heavy atom. The van der Waals surface area contributed by atoms with E-state index in [0.717, 1.165) is 8.95 Å². The minimum Gasteiger partial charge on any atom is -0.306 e. The van der Waals surface area contributed by atoms with Crippen LogP contribution in [0, 0.1) is 0 Å². The van der Waals surface area contributed by atoms with Gasteiger partial charge in [-0.1, -0.05) is 31.9 Å². The zero-order valence-electron chi connectivity index (χ0n) is 10.0. The molecule has 0 aliphatic carbocycles. The van der Waals surface area contributed by atoms with Crippen molar-refractivity contribution in [3.63, 3.8) is 0 Å². The van der Waals surface area contributed by atoms with Gasteiger partial charge in [0.05, 0.1) is 11.0 Å². The van der Waals surface area contributed by atoms with E-state index in [4.69, 9.17) is 0 Å². The van der Waals surface area contributed by atoms with Gasteiger partial charge in [-0.15, -0.1) is 0 Å². The Bertz CT molecular complexity index is 880. The summed E-state index contributed by atoms with van der Waals surface area (Å²) in [6.07, 6.45) is 0. The van der Waals surface area contributed by atoms with Crippen molar-refractivity contribution in [3.8, 4) is 0 Å². The average molecular weight is 396 g/mol. The maximum absolute atomic E-state index is 12.5. The number of ketones is 1. The number of fused-ring (bicyclic) bond motifs is 1. The van der Waals surface area contributed by atoms with Crippen LogP contribution in [-0.2, 0) is 0 Å². The molecule has 1 aromatic heterocycles. The molecule has 0 fully saturated rings. The van der Waals surface area contributed by atoms with E-state index in [2.05, 4.69) is 41.8 Å². The van der Waals surface area contributed by atoms with Gasteiger partial charge in [-0.2, -0.15) is 0 Å². The predicted molar refractivity (Wildman–Crippen MR) is 84.2 cm³/mol. The second kappa shape index (κ2) is 5.03. The number of H-pyrrole nitrogens is 2. The summed E-state index contributed by atoms with van der Waals surface area (Å²) >= 11 is 6.73. The summed E-state index contributed by atoms with van der Waals surface area (Å²) in [6, 6.07) is 10.5. The highest BCUT2D eigenvalue weighted by atomic mass is 79.9. The van der Waals surface area contributed by atoms with Gasteiger partial charge in [0.1, 0.15) is 0 Å². The summed E-state index contributed by atoms with van der Waals surface area (Å²) in [7, 11) is 0. The fourth-order valence-corrected chi connectivity index (χ4v) is 2.79. The van der Waals surface area contributed by atoms with Gasteiger partial charge >= 0.3 is 5.69 Å². The molecule has 0 saturated heterocycles. The molecule has 0 saturated carbocycles. The van der Waals surface area contributed by atoms with Crippen LogP contribution in [0.4, 0.5) is 0 Å². The topological polar surface area (TPSA) is 65.7 Å². The number of hydrogen-bond donors (Lipinski definition) is 2. The van der Waals surface area contributed by atoms with Gasteiger partial charge in [-0.25, -0.2) is 4.79 Å². The standard InChI is InChI=1S/C14H8Br2N2O2/c15-8-2-3-10(16)9(6-8)13(19)7-1-4-11-12(5-7)18-14(20)17-11/h1-6H,(H2,17,18,20). The lowest BCUT2D eigenvalue weighted by Gasteiger charge is -2.05. The fourth-order valence-electron chi connectivity index (χ4n) is 2.00. The van der Waals surface area contributed by atoms with Crippen molar-refractivity contribution in [3.05, 3.63) is 67.0 Å². The van der Waals surface area contributed by atoms with Gasteiger partial charge in [-0.05, 0) is 36.4 Å². The highest BCUT2D eigenvalue weighted by molar-refractivity contribution is 9.11. The number of hydrogen-bond acceptors (Lipinski definition) is 2. The summed E-state index contributed by atoms with van der Waals surface area (Å²) in [5, 5.41) is 0. The number of carbonyl (C=O) groups is 1. The molecule has 3 rings (SSSR count). The molecule has 0 amide bonds. The van der Waals surface area contributed by atoms with Gasteiger partial charge in [0, 0.05) is 20.1 Å². The predicted octanol–water partition coefficient (Wildman–Crippen LogP) is 3.61. The van der Waals surface area contributed by atoms with Gasteiger partial charge in [0.15, 0.2) is 5.78 Å². The summed E-state index contributed by atoms with van der Waals surface area (Å²) in [6.45, 7) is 0. The second-order valence-electron chi connectivity index (χ2n) is 4.29. The molecule has 0 unspecified atom stereocenters. The molecule has 0 spiro atoms. The third-order valence-corrected chi connectivity index (χ3v) is 4.14. The smallest absolute Gasteiger partial charge is 0.306 e. The van der Waals surface area contributed by atoms with E-state index in [1.54, 1.807) is 24.3 Å². The maximum atomic E-state index is 12.5. The van der Waals surface area contributed by atoms with Crippen LogP contribution in [0.1, 0.15) is 15.9 Å². The van der Waals surface area contributed by atoms with Crippen LogP contribution in [0.15, 0.2) is 50.1 Å². The third kappa shape index (κ3) is 2.36. The summed E-state index contributed by atoms with van der Waals surface area (Å²) in [5.41, 5.74) is 2.10. The zero-order valence-corrected chi connectivity index (χ0v) is 13.2. The minimum absolute atomic E-state index is 0.109. The Morgan fingerprint density at radius 1 is 0.950 bits per heavy atom. The van der Waals surface area contributed by atoms with E-state index in [0.29, 0.717) is 22.2 Å². The van der Waals surface area contributed by atoms with Crippen molar-refractivity contribution in [1.29, 1.82) is 0 Å². The van der Waals surface area contributed by atoms with E-state index < -0.39 is 0 Å². The van der Waals surface area contributed by atoms with Gasteiger partial charge in [0.2, 0.25) is 0 Å².